The van der Waals surface area contributed by atoms with E-state index in [0.717, 1.165) is 51.4 Å². The van der Waals surface area contributed by atoms with Gasteiger partial charge in [-0.3, -0.25) is 0 Å². The summed E-state index contributed by atoms with van der Waals surface area (Å²) in [5.74, 6) is -2.17. The van der Waals surface area contributed by atoms with E-state index >= 15 is 0 Å². The number of carbonyl (C=O) groups is 1. The molecular formula is C48H78O17. The minimum absolute atomic E-state index is 0.00934. The van der Waals surface area contributed by atoms with Crippen LogP contribution in [0.25, 0.3) is 0 Å². The molecule has 0 spiro atoms. The predicted molar refractivity (Wildman–Crippen MR) is 229 cm³/mol. The topological polar surface area (TPSA) is 275 Å². The molecule has 0 aromatic heterocycles. The van der Waals surface area contributed by atoms with Gasteiger partial charge in [0.15, 0.2) is 25.0 Å². The van der Waals surface area contributed by atoms with E-state index in [1.165, 1.54) is 12.5 Å². The number of carboxylic acids is 1. The number of aliphatic carboxylic acids is 1. The second-order valence-corrected chi connectivity index (χ2v) is 23.6. The van der Waals surface area contributed by atoms with Gasteiger partial charge in [-0.25, -0.2) is 4.79 Å². The molecule has 0 aromatic rings. The molecule has 17 nitrogen and oxygen atoms in total. The van der Waals surface area contributed by atoms with E-state index in [2.05, 4.69) is 47.6 Å². The molecular weight excluding hydrogens is 849 g/mol. The van der Waals surface area contributed by atoms with Crippen molar-refractivity contribution in [3.63, 3.8) is 0 Å². The molecule has 17 heteroatoms. The highest BCUT2D eigenvalue weighted by Crippen LogP contribution is 2.76. The third kappa shape index (κ3) is 7.90. The average Bonchev–Trinajstić information content (AvgIpc) is 3.24. The molecule has 8 aliphatic rings. The number of hydrogen-bond donors (Lipinski definition) is 10. The van der Waals surface area contributed by atoms with Crippen molar-refractivity contribution in [3.8, 4) is 0 Å². The monoisotopic (exact) mass is 927 g/mol. The Kier molecular flexibility index (Phi) is 13.4. The number of fused-ring (bicyclic) bond motifs is 7. The van der Waals surface area contributed by atoms with Crippen molar-refractivity contribution in [3.05, 3.63) is 11.6 Å². The fourth-order valence-corrected chi connectivity index (χ4v) is 15.0. The fraction of sp³-hybridized carbons (Fsp3) is 0.938. The van der Waals surface area contributed by atoms with Gasteiger partial charge in [0.25, 0.3) is 0 Å². The lowest BCUT2D eigenvalue weighted by atomic mass is 9.33. The first-order valence-electron chi connectivity index (χ1n) is 24.1. The lowest BCUT2D eigenvalue weighted by Gasteiger charge is -2.72. The van der Waals surface area contributed by atoms with Gasteiger partial charge in [0.05, 0.1) is 50.2 Å². The predicted octanol–water partition coefficient (Wildman–Crippen LogP) is 1.59. The highest BCUT2D eigenvalue weighted by Gasteiger charge is 2.69. The van der Waals surface area contributed by atoms with Crippen LogP contribution in [0.5, 0.6) is 0 Å². The van der Waals surface area contributed by atoms with E-state index in [-0.39, 0.29) is 51.6 Å². The lowest BCUT2D eigenvalue weighted by molar-refractivity contribution is -0.361. The minimum atomic E-state index is -1.89. The highest BCUT2D eigenvalue weighted by molar-refractivity contribution is 5.73. The van der Waals surface area contributed by atoms with Crippen molar-refractivity contribution < 1.29 is 84.3 Å². The van der Waals surface area contributed by atoms with E-state index in [0.29, 0.717) is 12.3 Å². The Labute approximate surface area is 382 Å². The maximum absolute atomic E-state index is 12.4. The zero-order valence-electron chi connectivity index (χ0n) is 39.4. The molecule has 3 saturated heterocycles. The lowest BCUT2D eigenvalue weighted by Crippen LogP contribution is -2.67. The Morgan fingerprint density at radius 3 is 2.12 bits per heavy atom. The van der Waals surface area contributed by atoms with Crippen LogP contribution < -0.4 is 0 Å². The largest absolute Gasteiger partial charge is 0.479 e. The van der Waals surface area contributed by atoms with Gasteiger partial charge in [0, 0.05) is 10.8 Å². The number of carboxylic acid groups (broad SMARTS) is 1. The van der Waals surface area contributed by atoms with Gasteiger partial charge in [0.1, 0.15) is 42.7 Å². The summed E-state index contributed by atoms with van der Waals surface area (Å²) in [6.07, 6.45) is -11.3. The first-order chi connectivity index (χ1) is 30.3. The van der Waals surface area contributed by atoms with Gasteiger partial charge < -0.3 is 79.5 Å². The molecule has 0 aromatic carbocycles. The van der Waals surface area contributed by atoms with Crippen molar-refractivity contribution in [1.29, 1.82) is 0 Å². The van der Waals surface area contributed by atoms with Crippen LogP contribution in [0.1, 0.15) is 113 Å². The highest BCUT2D eigenvalue weighted by atomic mass is 16.8. The van der Waals surface area contributed by atoms with Crippen LogP contribution in [-0.4, -0.2) is 169 Å². The third-order valence-corrected chi connectivity index (χ3v) is 19.5. The molecule has 65 heavy (non-hydrogen) atoms. The van der Waals surface area contributed by atoms with E-state index in [1.807, 2.05) is 6.92 Å². The van der Waals surface area contributed by atoms with Crippen LogP contribution >= 0.6 is 0 Å². The Morgan fingerprint density at radius 2 is 1.45 bits per heavy atom. The Bertz CT molecular complexity index is 1780. The van der Waals surface area contributed by atoms with Crippen LogP contribution in [0.2, 0.25) is 0 Å². The number of aliphatic hydroxyl groups is 9. The summed E-state index contributed by atoms with van der Waals surface area (Å²) >= 11 is 0. The molecule has 8 rings (SSSR count). The molecule has 4 saturated carbocycles. The van der Waals surface area contributed by atoms with Crippen LogP contribution in [0.4, 0.5) is 0 Å². The first kappa shape index (κ1) is 50.0. The molecule has 3 heterocycles. The molecule has 0 amide bonds. The van der Waals surface area contributed by atoms with Crippen LogP contribution in [0, 0.1) is 56.2 Å². The maximum Gasteiger partial charge on any atom is 0.335 e. The molecule has 10 N–H and O–H groups in total. The summed E-state index contributed by atoms with van der Waals surface area (Å²) in [6.45, 7) is 16.5. The number of ether oxygens (including phenoxy) is 6. The van der Waals surface area contributed by atoms with E-state index < -0.39 is 117 Å². The van der Waals surface area contributed by atoms with Gasteiger partial charge in [-0.05, 0) is 104 Å². The van der Waals surface area contributed by atoms with Gasteiger partial charge in [0.2, 0.25) is 0 Å². The molecule has 3 aliphatic heterocycles. The van der Waals surface area contributed by atoms with Crippen molar-refractivity contribution in [2.75, 3.05) is 19.8 Å². The van der Waals surface area contributed by atoms with Gasteiger partial charge in [-0.1, -0.05) is 60.1 Å². The summed E-state index contributed by atoms with van der Waals surface area (Å²) in [5, 5.41) is 108. The molecule has 0 radical (unpaired) electrons. The number of aliphatic hydroxyl groups excluding tert-OH is 9. The van der Waals surface area contributed by atoms with Crippen molar-refractivity contribution >= 4 is 5.97 Å². The number of allylic oxidation sites excluding steroid dienone is 2. The molecule has 7 fully saturated rings. The van der Waals surface area contributed by atoms with Gasteiger partial charge in [-0.15, -0.1) is 0 Å². The Morgan fingerprint density at radius 1 is 0.738 bits per heavy atom. The van der Waals surface area contributed by atoms with Crippen LogP contribution in [0.3, 0.4) is 0 Å². The summed E-state index contributed by atoms with van der Waals surface area (Å²) in [5.41, 5.74) is 0.240. The summed E-state index contributed by atoms with van der Waals surface area (Å²) in [6, 6.07) is 0. The van der Waals surface area contributed by atoms with E-state index in [1.54, 1.807) is 0 Å². The third-order valence-electron chi connectivity index (χ3n) is 19.5. The number of rotatable bonds is 9. The fourth-order valence-electron chi connectivity index (χ4n) is 15.0. The average molecular weight is 927 g/mol. The summed E-state index contributed by atoms with van der Waals surface area (Å²) in [7, 11) is 0. The van der Waals surface area contributed by atoms with E-state index in [9.17, 15) is 55.9 Å². The first-order valence-corrected chi connectivity index (χ1v) is 24.1. The SMILES string of the molecule is C[C@@H]1O[C@@H](O[C@H]2C(OCC3[C@H](O[C@H]4CC[C@@]5(C)[C@@H](CC[C@]6(C)[C@@H]5CC=C5[C@@H]7CC(C)(C)C[C@H](O)[C@]7(C)CC[C@]56C)[C@@]4(C)CO)O[C@H](C(=O)O)[C@@H](O)[C@@H]3O)OC[C@H](O)[C@@H]2O)[C@H](O)[C@H](O)[C@H]1O. The summed E-state index contributed by atoms with van der Waals surface area (Å²) in [4.78, 5) is 12.4. The van der Waals surface area contributed by atoms with Crippen molar-refractivity contribution in [2.45, 2.75) is 205 Å². The second-order valence-electron chi connectivity index (χ2n) is 23.6. The minimum Gasteiger partial charge on any atom is -0.479 e. The molecule has 372 valence electrons. The van der Waals surface area contributed by atoms with Gasteiger partial charge >= 0.3 is 5.97 Å². The second kappa shape index (κ2) is 17.5. The van der Waals surface area contributed by atoms with E-state index in [4.69, 9.17) is 28.4 Å². The van der Waals surface area contributed by atoms with Crippen LogP contribution in [-0.2, 0) is 33.2 Å². The molecule has 2 unspecified atom stereocenters. The summed E-state index contributed by atoms with van der Waals surface area (Å²) < 4.78 is 36.0. The zero-order valence-corrected chi connectivity index (χ0v) is 39.4. The zero-order chi connectivity index (χ0) is 47.6. The Hall–Kier alpha value is -1.39. The smallest absolute Gasteiger partial charge is 0.335 e. The maximum atomic E-state index is 12.4. The Balaban J connectivity index is 1.03. The van der Waals surface area contributed by atoms with Gasteiger partial charge in [-0.2, -0.15) is 0 Å². The van der Waals surface area contributed by atoms with Crippen LogP contribution in [0.15, 0.2) is 11.6 Å². The standard InChI is InChI=1S/C48H78O17/c1-22-31(52)34(55)36(57)41(62-22)65-38-33(54)26(50)20-61-42(38)60-19-23-32(53)35(56)37(39(58)59)64-40(23)63-30-12-13-45(5)27(46(30,6)21-49)11-14-48(8)28(45)10-9-24-25-17-43(2,3)18-29(51)44(25,4)15-16-47(24,48)7/h9,22-23,25-38,40-42,49-57H,10-21H2,1-8H3,(H,58,59)/t22-,23?,25-,26-,27+,28+,29-,30-,31-,32+,33-,34+,35-,36+,37-,38+,40+,41-,42?,44+,45-,46+,47+,48+/m0/s1. The molecule has 0 bridgehead atoms. The molecule has 24 atom stereocenters. The quantitative estimate of drug-likeness (QED) is 0.116. The molecule has 5 aliphatic carbocycles. The normalized spacial score (nSPS) is 55.5. The van der Waals surface area contributed by atoms with Crippen molar-refractivity contribution in [2.24, 2.45) is 56.2 Å². The van der Waals surface area contributed by atoms with Crippen molar-refractivity contribution in [1.82, 2.24) is 0 Å². The number of hydrogen-bond acceptors (Lipinski definition) is 16.